The summed E-state index contributed by atoms with van der Waals surface area (Å²) in [4.78, 5) is 18.9. The number of likely N-dealkylation sites (N-methyl/N-ethyl adjacent to an activating group) is 1. The van der Waals surface area contributed by atoms with Crippen LogP contribution in [0.15, 0.2) is 35.5 Å². The van der Waals surface area contributed by atoms with Gasteiger partial charge >= 0.3 is 0 Å². The molecule has 0 saturated carbocycles. The lowest BCUT2D eigenvalue weighted by Gasteiger charge is -2.35. The highest BCUT2D eigenvalue weighted by Crippen LogP contribution is 2.35. The summed E-state index contributed by atoms with van der Waals surface area (Å²) >= 11 is 0. The number of morpholine rings is 1. The van der Waals surface area contributed by atoms with Crippen molar-refractivity contribution in [2.45, 2.75) is 64.4 Å². The highest BCUT2D eigenvalue weighted by molar-refractivity contribution is 6.02. The van der Waals surface area contributed by atoms with E-state index in [9.17, 15) is 0 Å². The van der Waals surface area contributed by atoms with Crippen LogP contribution in [0.25, 0.3) is 22.4 Å². The van der Waals surface area contributed by atoms with Gasteiger partial charge in [-0.05, 0) is 64.9 Å². The van der Waals surface area contributed by atoms with Crippen LogP contribution < -0.4 is 15.4 Å². The summed E-state index contributed by atoms with van der Waals surface area (Å²) < 4.78 is 14.4. The van der Waals surface area contributed by atoms with Gasteiger partial charge in [0.1, 0.15) is 28.7 Å². The fourth-order valence-corrected chi connectivity index (χ4v) is 5.96. The van der Waals surface area contributed by atoms with Crippen LogP contribution in [0.1, 0.15) is 39.2 Å². The fourth-order valence-electron chi connectivity index (χ4n) is 5.96. The van der Waals surface area contributed by atoms with Crippen LogP contribution in [0.2, 0.25) is 0 Å². The zero-order valence-corrected chi connectivity index (χ0v) is 22.8. The number of rotatable bonds is 6. The number of ether oxygens (including phenoxy) is 2. The van der Waals surface area contributed by atoms with Crippen LogP contribution in [0.3, 0.4) is 0 Å². The zero-order valence-electron chi connectivity index (χ0n) is 22.8. The molecule has 4 atom stereocenters. The molecule has 2 aliphatic rings. The van der Waals surface area contributed by atoms with Crippen molar-refractivity contribution in [2.24, 2.45) is 10.7 Å². The van der Waals surface area contributed by atoms with Gasteiger partial charge < -0.3 is 29.6 Å². The molecule has 2 aliphatic heterocycles. The van der Waals surface area contributed by atoms with E-state index in [2.05, 4.69) is 59.3 Å². The lowest BCUT2D eigenvalue weighted by Crippen LogP contribution is -2.46. The van der Waals surface area contributed by atoms with Crippen molar-refractivity contribution in [3.8, 4) is 17.1 Å². The van der Waals surface area contributed by atoms with Gasteiger partial charge in [-0.25, -0.2) is 9.97 Å². The van der Waals surface area contributed by atoms with Crippen molar-refractivity contribution in [3.05, 3.63) is 36.0 Å². The van der Waals surface area contributed by atoms with Gasteiger partial charge in [-0.1, -0.05) is 0 Å². The average Bonchev–Trinajstić information content (AvgIpc) is 3.41. The monoisotopic (exact) mass is 505 g/mol. The van der Waals surface area contributed by atoms with E-state index in [1.54, 1.807) is 14.2 Å². The molecule has 3 aromatic rings. The third kappa shape index (κ3) is 4.90. The molecule has 2 aromatic heterocycles. The number of imidazole rings is 1. The first-order valence-electron chi connectivity index (χ1n) is 13.2. The molecule has 0 unspecified atom stereocenters. The maximum absolute atomic E-state index is 6.34. The number of pyridine rings is 1. The van der Waals surface area contributed by atoms with Gasteiger partial charge in [0.15, 0.2) is 0 Å². The Bertz CT molecular complexity index is 1270. The Labute approximate surface area is 219 Å². The van der Waals surface area contributed by atoms with Gasteiger partial charge in [-0.15, -0.1) is 0 Å². The highest BCUT2D eigenvalue weighted by Gasteiger charge is 2.29. The molecule has 5 rings (SSSR count). The molecule has 0 amide bonds. The molecule has 9 nitrogen and oxygen atoms in total. The van der Waals surface area contributed by atoms with Crippen LogP contribution in [-0.2, 0) is 11.3 Å². The topological polar surface area (TPSA) is 94.0 Å². The van der Waals surface area contributed by atoms with Crippen LogP contribution in [0, 0.1) is 0 Å². The van der Waals surface area contributed by atoms with Crippen LogP contribution in [0.4, 0.5) is 5.82 Å². The van der Waals surface area contributed by atoms with Gasteiger partial charge in [0, 0.05) is 49.5 Å². The molecule has 198 valence electrons. The minimum absolute atomic E-state index is 0.0232. The first-order chi connectivity index (χ1) is 17.8. The van der Waals surface area contributed by atoms with Gasteiger partial charge in [0.2, 0.25) is 0 Å². The number of aliphatic imine (C=N–C) groups is 1. The summed E-state index contributed by atoms with van der Waals surface area (Å²) in [5.41, 5.74) is 9.63. The Morgan fingerprint density at radius 3 is 2.54 bits per heavy atom. The smallest absolute Gasteiger partial charge is 0.145 e. The minimum Gasteiger partial charge on any atom is -0.494 e. The second kappa shape index (κ2) is 10.3. The van der Waals surface area contributed by atoms with Gasteiger partial charge in [0.25, 0.3) is 0 Å². The van der Waals surface area contributed by atoms with Crippen molar-refractivity contribution >= 4 is 22.7 Å². The van der Waals surface area contributed by atoms with Crippen LogP contribution in [0.5, 0.6) is 5.75 Å². The predicted molar refractivity (Wildman–Crippen MR) is 149 cm³/mol. The van der Waals surface area contributed by atoms with E-state index in [1.165, 1.54) is 12.8 Å². The molecular weight excluding hydrogens is 466 g/mol. The minimum atomic E-state index is 0.0232. The van der Waals surface area contributed by atoms with Gasteiger partial charge in [-0.3, -0.25) is 4.99 Å². The van der Waals surface area contributed by atoms with E-state index in [0.717, 1.165) is 46.9 Å². The number of hydrogen-bond acceptors (Lipinski definition) is 7. The molecule has 37 heavy (non-hydrogen) atoms. The van der Waals surface area contributed by atoms with E-state index in [1.807, 2.05) is 18.3 Å². The van der Waals surface area contributed by atoms with E-state index < -0.39 is 0 Å². The highest BCUT2D eigenvalue weighted by atomic mass is 16.5. The zero-order chi connectivity index (χ0) is 26.3. The van der Waals surface area contributed by atoms with Crippen molar-refractivity contribution < 1.29 is 9.47 Å². The standard InChI is InChI=1S/C28H39N7O2/c1-17-7-8-18(2)35(17)25-10-9-20(13-31-25)28-32-23-11-21(27(29)30-4)12-24(36-6)26(23)34(28)16-22-15-33(5)14-19(3)37-22/h9-13,17-19,22H,7-8,14-16H2,1-6H3,(H2,29,30)/t17-,18-,19-,22-/m0/s1. The quantitative estimate of drug-likeness (QED) is 0.405. The molecule has 1 aromatic carbocycles. The number of amidine groups is 1. The number of nitrogens with two attached hydrogens (primary N) is 1. The Morgan fingerprint density at radius 2 is 1.92 bits per heavy atom. The number of fused-ring (bicyclic) bond motifs is 1. The second-order valence-electron chi connectivity index (χ2n) is 10.6. The molecule has 0 radical (unpaired) electrons. The number of methoxy groups -OCH3 is 1. The van der Waals surface area contributed by atoms with Crippen molar-refractivity contribution in [1.82, 2.24) is 19.4 Å². The Balaban J connectivity index is 1.61. The SMILES string of the molecule is CN=C(N)c1cc(OC)c2c(c1)nc(-c1ccc(N3[C@@H](C)CC[C@@H]3C)nc1)n2C[C@@H]1CN(C)C[C@H](C)O1. The maximum Gasteiger partial charge on any atom is 0.145 e. The molecule has 0 aliphatic carbocycles. The molecule has 4 heterocycles. The van der Waals surface area contributed by atoms with Gasteiger partial charge in [0.05, 0.1) is 31.4 Å². The Kier molecular flexibility index (Phi) is 7.09. The van der Waals surface area contributed by atoms with Crippen molar-refractivity contribution in [1.29, 1.82) is 0 Å². The van der Waals surface area contributed by atoms with Crippen LogP contribution >= 0.6 is 0 Å². The van der Waals surface area contributed by atoms with Crippen molar-refractivity contribution in [3.63, 3.8) is 0 Å². The molecule has 0 spiro atoms. The third-order valence-corrected chi connectivity index (χ3v) is 7.68. The normalized spacial score (nSPS) is 25.2. The molecule has 2 N–H and O–H groups in total. The molecule has 2 saturated heterocycles. The van der Waals surface area contributed by atoms with E-state index in [4.69, 9.17) is 25.2 Å². The first kappa shape index (κ1) is 25.5. The number of anilines is 1. The number of aromatic nitrogens is 3. The van der Waals surface area contributed by atoms with Crippen LogP contribution in [-0.4, -0.2) is 83.9 Å². The third-order valence-electron chi connectivity index (χ3n) is 7.68. The summed E-state index contributed by atoms with van der Waals surface area (Å²) in [7, 11) is 5.50. The van der Waals surface area contributed by atoms with Crippen molar-refractivity contribution in [2.75, 3.05) is 39.2 Å². The fraction of sp³-hybridized carbons (Fsp3) is 0.536. The maximum atomic E-state index is 6.34. The Hall–Kier alpha value is -3.17. The summed E-state index contributed by atoms with van der Waals surface area (Å²) in [5, 5.41) is 0. The van der Waals surface area contributed by atoms with E-state index >= 15 is 0 Å². The predicted octanol–water partition coefficient (Wildman–Crippen LogP) is 3.54. The summed E-state index contributed by atoms with van der Waals surface area (Å²) in [6.07, 6.45) is 4.52. The lowest BCUT2D eigenvalue weighted by molar-refractivity contribution is -0.0752. The van der Waals surface area contributed by atoms with E-state index in [0.29, 0.717) is 30.2 Å². The average molecular weight is 506 g/mol. The largest absolute Gasteiger partial charge is 0.494 e. The number of benzene rings is 1. The number of nitrogens with zero attached hydrogens (tertiary/aromatic N) is 6. The number of hydrogen-bond donors (Lipinski definition) is 1. The molecule has 0 bridgehead atoms. The lowest BCUT2D eigenvalue weighted by atomic mass is 10.1. The summed E-state index contributed by atoms with van der Waals surface area (Å²) in [5.74, 6) is 3.01. The first-order valence-corrected chi connectivity index (χ1v) is 13.2. The molecule has 2 fully saturated rings. The molecule has 9 heteroatoms. The summed E-state index contributed by atoms with van der Waals surface area (Å²) in [6, 6.07) is 9.15. The Morgan fingerprint density at radius 1 is 1.16 bits per heavy atom. The van der Waals surface area contributed by atoms with E-state index in [-0.39, 0.29) is 12.2 Å². The van der Waals surface area contributed by atoms with Gasteiger partial charge in [-0.2, -0.15) is 0 Å². The second-order valence-corrected chi connectivity index (χ2v) is 10.6. The summed E-state index contributed by atoms with van der Waals surface area (Å²) in [6.45, 7) is 9.09. The molecular formula is C28H39N7O2.